The highest BCUT2D eigenvalue weighted by atomic mass is 16.5. The third kappa shape index (κ3) is 3.68. The average molecular weight is 275 g/mol. The molecule has 5 heteroatoms. The summed E-state index contributed by atoms with van der Waals surface area (Å²) in [7, 11) is 0. The predicted octanol–water partition coefficient (Wildman–Crippen LogP) is 2.21. The predicted molar refractivity (Wildman–Crippen MR) is 75.5 cm³/mol. The number of benzene rings is 1. The van der Waals surface area contributed by atoms with E-state index >= 15 is 0 Å². The molecular formula is C15H17NO4. The Morgan fingerprint density at radius 3 is 2.85 bits per heavy atom. The lowest BCUT2D eigenvalue weighted by Gasteiger charge is -2.11. The van der Waals surface area contributed by atoms with E-state index in [1.165, 1.54) is 6.08 Å². The van der Waals surface area contributed by atoms with E-state index in [1.54, 1.807) is 12.1 Å². The van der Waals surface area contributed by atoms with Gasteiger partial charge in [0.1, 0.15) is 6.10 Å². The van der Waals surface area contributed by atoms with Crippen LogP contribution in [-0.2, 0) is 14.3 Å². The molecule has 1 unspecified atom stereocenters. The summed E-state index contributed by atoms with van der Waals surface area (Å²) in [6, 6.07) is 5.34. The maximum atomic E-state index is 11.9. The van der Waals surface area contributed by atoms with Gasteiger partial charge in [0, 0.05) is 18.4 Å². The summed E-state index contributed by atoms with van der Waals surface area (Å²) in [6.07, 6.45) is 3.93. The average Bonchev–Trinajstić information content (AvgIpc) is 2.91. The normalized spacial score (nSPS) is 18.4. The second kappa shape index (κ2) is 6.34. The van der Waals surface area contributed by atoms with Crippen molar-refractivity contribution < 1.29 is 19.4 Å². The first-order valence-electron chi connectivity index (χ1n) is 6.50. The minimum Gasteiger partial charge on any atom is -0.478 e. The van der Waals surface area contributed by atoms with Crippen molar-refractivity contribution in [1.29, 1.82) is 0 Å². The number of ether oxygens (including phenoxy) is 1. The molecule has 1 aromatic carbocycles. The molecule has 0 aromatic heterocycles. The van der Waals surface area contributed by atoms with Gasteiger partial charge in [0.15, 0.2) is 0 Å². The molecule has 1 atom stereocenters. The third-order valence-electron chi connectivity index (χ3n) is 3.16. The first-order valence-corrected chi connectivity index (χ1v) is 6.50. The van der Waals surface area contributed by atoms with E-state index in [4.69, 9.17) is 9.84 Å². The summed E-state index contributed by atoms with van der Waals surface area (Å²) >= 11 is 0. The van der Waals surface area contributed by atoms with Crippen LogP contribution in [0.5, 0.6) is 0 Å². The molecule has 1 aliphatic rings. The molecule has 1 aromatic rings. The lowest BCUT2D eigenvalue weighted by Crippen LogP contribution is -2.26. The Morgan fingerprint density at radius 2 is 2.25 bits per heavy atom. The van der Waals surface area contributed by atoms with Crippen molar-refractivity contribution >= 4 is 23.6 Å². The molecule has 1 amide bonds. The smallest absolute Gasteiger partial charge is 0.328 e. The van der Waals surface area contributed by atoms with Crippen LogP contribution < -0.4 is 5.32 Å². The van der Waals surface area contributed by atoms with Crippen molar-refractivity contribution in [1.82, 2.24) is 0 Å². The van der Waals surface area contributed by atoms with Gasteiger partial charge in [-0.15, -0.1) is 0 Å². The summed E-state index contributed by atoms with van der Waals surface area (Å²) in [5.41, 5.74) is 2.39. The zero-order valence-corrected chi connectivity index (χ0v) is 11.3. The van der Waals surface area contributed by atoms with E-state index in [0.717, 1.165) is 30.0 Å². The lowest BCUT2D eigenvalue weighted by molar-refractivity contribution is -0.131. The van der Waals surface area contributed by atoms with Crippen LogP contribution in [0.15, 0.2) is 24.3 Å². The minimum absolute atomic E-state index is 0.129. The van der Waals surface area contributed by atoms with Crippen LogP contribution in [0, 0.1) is 6.92 Å². The van der Waals surface area contributed by atoms with Crippen LogP contribution in [-0.4, -0.2) is 29.7 Å². The molecule has 0 radical (unpaired) electrons. The number of aliphatic carboxylic acids is 1. The number of amides is 1. The Hall–Kier alpha value is -2.14. The van der Waals surface area contributed by atoms with Crippen molar-refractivity contribution in [3.05, 3.63) is 35.4 Å². The van der Waals surface area contributed by atoms with Gasteiger partial charge < -0.3 is 15.2 Å². The maximum Gasteiger partial charge on any atom is 0.328 e. The second-order valence-corrected chi connectivity index (χ2v) is 4.73. The number of hydrogen-bond acceptors (Lipinski definition) is 3. The molecule has 20 heavy (non-hydrogen) atoms. The van der Waals surface area contributed by atoms with E-state index in [1.807, 2.05) is 13.0 Å². The zero-order valence-electron chi connectivity index (χ0n) is 11.3. The van der Waals surface area contributed by atoms with E-state index < -0.39 is 5.97 Å². The summed E-state index contributed by atoms with van der Waals surface area (Å²) in [5.74, 6) is -1.11. The van der Waals surface area contributed by atoms with Gasteiger partial charge in [-0.3, -0.25) is 4.79 Å². The quantitative estimate of drug-likeness (QED) is 0.826. The fourth-order valence-electron chi connectivity index (χ4n) is 2.11. The number of carbonyl (C=O) groups excluding carboxylic acids is 1. The summed E-state index contributed by atoms with van der Waals surface area (Å²) in [5, 5.41) is 11.4. The van der Waals surface area contributed by atoms with Crippen molar-refractivity contribution in [3.8, 4) is 0 Å². The highest BCUT2D eigenvalue weighted by Gasteiger charge is 2.23. The fourth-order valence-corrected chi connectivity index (χ4v) is 2.11. The molecule has 106 valence electrons. The van der Waals surface area contributed by atoms with Gasteiger partial charge in [0.05, 0.1) is 0 Å². The van der Waals surface area contributed by atoms with E-state index in [2.05, 4.69) is 5.32 Å². The molecule has 1 heterocycles. The van der Waals surface area contributed by atoms with Gasteiger partial charge >= 0.3 is 5.97 Å². The number of anilines is 1. The summed E-state index contributed by atoms with van der Waals surface area (Å²) < 4.78 is 5.32. The highest BCUT2D eigenvalue weighted by molar-refractivity contribution is 5.94. The lowest BCUT2D eigenvalue weighted by atomic mass is 10.1. The molecular weight excluding hydrogens is 258 g/mol. The van der Waals surface area contributed by atoms with Crippen molar-refractivity contribution in [3.63, 3.8) is 0 Å². The van der Waals surface area contributed by atoms with E-state index in [-0.39, 0.29) is 12.0 Å². The molecule has 5 nitrogen and oxygen atoms in total. The molecule has 2 rings (SSSR count). The van der Waals surface area contributed by atoms with Gasteiger partial charge in [-0.1, -0.05) is 6.07 Å². The Bertz CT molecular complexity index is 545. The number of aryl methyl sites for hydroxylation is 1. The van der Waals surface area contributed by atoms with Crippen LogP contribution in [0.1, 0.15) is 24.0 Å². The van der Waals surface area contributed by atoms with Crippen molar-refractivity contribution in [2.75, 3.05) is 11.9 Å². The van der Waals surface area contributed by atoms with Crippen LogP contribution in [0.3, 0.4) is 0 Å². The SMILES string of the molecule is Cc1cc(NC(=O)C2CCCO2)ccc1C=CC(=O)O. The standard InChI is InChI=1S/C15H17NO4/c1-10-9-12(6-4-11(10)5-7-14(17)18)16-15(19)13-3-2-8-20-13/h4-7,9,13H,2-3,8H2,1H3,(H,16,19)(H,17,18). The Morgan fingerprint density at radius 1 is 1.45 bits per heavy atom. The Labute approximate surface area is 117 Å². The molecule has 1 fully saturated rings. The number of carboxylic acids is 1. The van der Waals surface area contributed by atoms with Gasteiger partial charge in [0.25, 0.3) is 5.91 Å². The van der Waals surface area contributed by atoms with Gasteiger partial charge in [-0.2, -0.15) is 0 Å². The zero-order chi connectivity index (χ0) is 14.5. The minimum atomic E-state index is -0.986. The number of nitrogens with one attached hydrogen (secondary N) is 1. The topological polar surface area (TPSA) is 75.6 Å². The van der Waals surface area contributed by atoms with Gasteiger partial charge in [-0.05, 0) is 49.1 Å². The van der Waals surface area contributed by atoms with Crippen LogP contribution >= 0.6 is 0 Å². The van der Waals surface area contributed by atoms with Crippen LogP contribution in [0.4, 0.5) is 5.69 Å². The van der Waals surface area contributed by atoms with E-state index in [9.17, 15) is 9.59 Å². The number of hydrogen-bond donors (Lipinski definition) is 2. The Kier molecular flexibility index (Phi) is 4.53. The molecule has 0 bridgehead atoms. The Balaban J connectivity index is 2.04. The third-order valence-corrected chi connectivity index (χ3v) is 3.16. The largest absolute Gasteiger partial charge is 0.478 e. The first-order chi connectivity index (χ1) is 9.56. The van der Waals surface area contributed by atoms with Gasteiger partial charge in [-0.25, -0.2) is 4.79 Å². The maximum absolute atomic E-state index is 11.9. The summed E-state index contributed by atoms with van der Waals surface area (Å²) in [4.78, 5) is 22.4. The highest BCUT2D eigenvalue weighted by Crippen LogP contribution is 2.19. The van der Waals surface area contributed by atoms with Crippen LogP contribution in [0.2, 0.25) is 0 Å². The molecule has 1 aliphatic heterocycles. The fraction of sp³-hybridized carbons (Fsp3) is 0.333. The number of rotatable bonds is 4. The van der Waals surface area contributed by atoms with Crippen molar-refractivity contribution in [2.45, 2.75) is 25.9 Å². The number of carboxylic acid groups (broad SMARTS) is 1. The molecule has 1 saturated heterocycles. The molecule has 2 N–H and O–H groups in total. The van der Waals surface area contributed by atoms with E-state index in [0.29, 0.717) is 12.3 Å². The second-order valence-electron chi connectivity index (χ2n) is 4.73. The number of carbonyl (C=O) groups is 2. The monoisotopic (exact) mass is 275 g/mol. The summed E-state index contributed by atoms with van der Waals surface area (Å²) in [6.45, 7) is 2.50. The molecule has 0 saturated carbocycles. The molecule has 0 spiro atoms. The molecule has 0 aliphatic carbocycles. The van der Waals surface area contributed by atoms with Crippen LogP contribution in [0.25, 0.3) is 6.08 Å². The van der Waals surface area contributed by atoms with Crippen molar-refractivity contribution in [2.24, 2.45) is 0 Å². The first kappa shape index (κ1) is 14.3. The van der Waals surface area contributed by atoms with Gasteiger partial charge in [0.2, 0.25) is 0 Å².